The second kappa shape index (κ2) is 7.67. The summed E-state index contributed by atoms with van der Waals surface area (Å²) in [5.41, 5.74) is 0. The van der Waals surface area contributed by atoms with Crippen molar-refractivity contribution in [3.63, 3.8) is 0 Å². The molecule has 0 N–H and O–H groups in total. The number of alkyl halides is 2. The summed E-state index contributed by atoms with van der Waals surface area (Å²) in [6.07, 6.45) is 7.37. The number of hydrogen-bond acceptors (Lipinski definition) is 2. The van der Waals surface area contributed by atoms with Crippen molar-refractivity contribution in [2.75, 3.05) is 6.54 Å². The van der Waals surface area contributed by atoms with Gasteiger partial charge in [0.25, 0.3) is 5.91 Å². The van der Waals surface area contributed by atoms with E-state index in [1.54, 1.807) is 4.31 Å². The van der Waals surface area contributed by atoms with Crippen molar-refractivity contribution in [1.82, 2.24) is 4.31 Å². The van der Waals surface area contributed by atoms with E-state index in [0.717, 1.165) is 13.0 Å². The molecule has 0 aromatic heterocycles. The normalized spacial score (nSPS) is 25.4. The smallest absolute Gasteiger partial charge is 0.252 e. The lowest BCUT2D eigenvalue weighted by atomic mass is 10.1. The van der Waals surface area contributed by atoms with Crippen LogP contribution in [0.3, 0.4) is 0 Å². The first-order valence-corrected chi connectivity index (χ1v) is 7.64. The Labute approximate surface area is 112 Å². The van der Waals surface area contributed by atoms with Gasteiger partial charge in [0.2, 0.25) is 0 Å². The molecule has 1 aliphatic heterocycles. The molecule has 0 bridgehead atoms. The van der Waals surface area contributed by atoms with E-state index in [-0.39, 0.29) is 10.6 Å². The van der Waals surface area contributed by atoms with Crippen molar-refractivity contribution in [2.24, 2.45) is 0 Å². The quantitative estimate of drug-likeness (QED) is 0.400. The summed E-state index contributed by atoms with van der Waals surface area (Å²) < 4.78 is 1.42. The third-order valence-corrected chi connectivity index (χ3v) is 4.95. The molecule has 5 heteroatoms. The number of amides is 1. The van der Waals surface area contributed by atoms with E-state index in [1.165, 1.54) is 44.1 Å². The molecule has 0 saturated carbocycles. The fourth-order valence-corrected chi connectivity index (χ4v) is 3.30. The van der Waals surface area contributed by atoms with Gasteiger partial charge in [-0.1, -0.05) is 39.0 Å². The average molecular weight is 284 g/mol. The molecular weight excluding hydrogens is 265 g/mol. The molecular formula is C11H19Cl2NOS. The van der Waals surface area contributed by atoms with Gasteiger partial charge in [-0.25, -0.2) is 0 Å². The van der Waals surface area contributed by atoms with Gasteiger partial charge in [0.15, 0.2) is 0 Å². The standard InChI is InChI=1S/C11H19Cl2NOS/c1-2-3-4-5-6-7-8-14-11(15)9(12)10(13)16-14/h9-10H,2-8H2,1H3. The van der Waals surface area contributed by atoms with Crippen LogP contribution in [0.1, 0.15) is 45.4 Å². The van der Waals surface area contributed by atoms with E-state index < -0.39 is 5.38 Å². The van der Waals surface area contributed by atoms with E-state index in [9.17, 15) is 4.79 Å². The van der Waals surface area contributed by atoms with Crippen LogP contribution in [0.15, 0.2) is 0 Å². The molecule has 2 atom stereocenters. The van der Waals surface area contributed by atoms with Crippen LogP contribution < -0.4 is 0 Å². The number of nitrogens with zero attached hydrogens (tertiary/aromatic N) is 1. The fraction of sp³-hybridized carbons (Fsp3) is 0.909. The Balaban J connectivity index is 2.08. The van der Waals surface area contributed by atoms with Gasteiger partial charge in [0, 0.05) is 6.54 Å². The second-order valence-corrected chi connectivity index (χ2v) is 6.43. The zero-order valence-electron chi connectivity index (χ0n) is 9.62. The number of carbonyl (C=O) groups excluding carboxylic acids is 1. The molecule has 94 valence electrons. The van der Waals surface area contributed by atoms with Crippen molar-refractivity contribution in [3.8, 4) is 0 Å². The zero-order valence-corrected chi connectivity index (χ0v) is 12.0. The molecule has 1 amide bonds. The Bertz CT molecular complexity index is 228. The van der Waals surface area contributed by atoms with Crippen molar-refractivity contribution < 1.29 is 4.79 Å². The van der Waals surface area contributed by atoms with E-state index in [0.29, 0.717) is 0 Å². The molecule has 0 radical (unpaired) electrons. The van der Waals surface area contributed by atoms with Crippen LogP contribution in [0.2, 0.25) is 0 Å². The minimum atomic E-state index is -0.549. The first-order chi connectivity index (χ1) is 7.66. The van der Waals surface area contributed by atoms with Crippen molar-refractivity contribution >= 4 is 41.1 Å². The third-order valence-electron chi connectivity index (χ3n) is 2.65. The number of halogens is 2. The molecule has 1 saturated heterocycles. The molecule has 2 unspecified atom stereocenters. The van der Waals surface area contributed by atoms with Crippen LogP contribution in [-0.4, -0.2) is 26.8 Å². The Hall–Kier alpha value is 0.400. The third kappa shape index (κ3) is 4.34. The highest BCUT2D eigenvalue weighted by atomic mass is 35.5. The van der Waals surface area contributed by atoms with Gasteiger partial charge in [-0.3, -0.25) is 9.10 Å². The Morgan fingerprint density at radius 3 is 2.38 bits per heavy atom. The summed E-state index contributed by atoms with van der Waals surface area (Å²) >= 11 is 13.1. The summed E-state index contributed by atoms with van der Waals surface area (Å²) in [7, 11) is 0. The van der Waals surface area contributed by atoms with Crippen LogP contribution in [-0.2, 0) is 4.79 Å². The Morgan fingerprint density at radius 1 is 1.19 bits per heavy atom. The predicted molar refractivity (Wildman–Crippen MR) is 72.0 cm³/mol. The molecule has 2 nitrogen and oxygen atoms in total. The van der Waals surface area contributed by atoms with Crippen LogP contribution in [0, 0.1) is 0 Å². The first-order valence-electron chi connectivity index (χ1n) is 5.93. The van der Waals surface area contributed by atoms with Gasteiger partial charge < -0.3 is 0 Å². The topological polar surface area (TPSA) is 20.3 Å². The SMILES string of the molecule is CCCCCCCCN1SC(Cl)C(Cl)C1=O. The van der Waals surface area contributed by atoms with Crippen molar-refractivity contribution in [3.05, 3.63) is 0 Å². The molecule has 1 aliphatic rings. The Morgan fingerprint density at radius 2 is 1.81 bits per heavy atom. The van der Waals surface area contributed by atoms with Gasteiger partial charge in [0.05, 0.1) is 0 Å². The fourth-order valence-electron chi connectivity index (χ4n) is 1.68. The lowest BCUT2D eigenvalue weighted by Crippen LogP contribution is -2.25. The molecule has 16 heavy (non-hydrogen) atoms. The highest BCUT2D eigenvalue weighted by Gasteiger charge is 2.38. The summed E-state index contributed by atoms with van der Waals surface area (Å²) in [5, 5.41) is -0.549. The maximum absolute atomic E-state index is 11.6. The van der Waals surface area contributed by atoms with E-state index in [4.69, 9.17) is 23.2 Å². The lowest BCUT2D eigenvalue weighted by molar-refractivity contribution is -0.124. The van der Waals surface area contributed by atoms with Gasteiger partial charge in [-0.15, -0.1) is 23.2 Å². The summed E-state index contributed by atoms with van der Waals surface area (Å²) in [4.78, 5) is 11.6. The van der Waals surface area contributed by atoms with Gasteiger partial charge in [0.1, 0.15) is 10.1 Å². The largest absolute Gasteiger partial charge is 0.284 e. The molecule has 1 rings (SSSR count). The first kappa shape index (κ1) is 14.5. The van der Waals surface area contributed by atoms with E-state index in [2.05, 4.69) is 6.92 Å². The summed E-state index contributed by atoms with van der Waals surface area (Å²) in [5.74, 6) is -0.0276. The molecule has 0 aromatic rings. The van der Waals surface area contributed by atoms with E-state index in [1.807, 2.05) is 0 Å². The average Bonchev–Trinajstić information content (AvgIpc) is 2.51. The maximum Gasteiger partial charge on any atom is 0.252 e. The predicted octanol–water partition coefficient (Wildman–Crippen LogP) is 4.01. The highest BCUT2D eigenvalue weighted by molar-refractivity contribution is 8.00. The maximum atomic E-state index is 11.6. The monoisotopic (exact) mass is 283 g/mol. The van der Waals surface area contributed by atoms with Gasteiger partial charge >= 0.3 is 0 Å². The Kier molecular flexibility index (Phi) is 6.94. The minimum Gasteiger partial charge on any atom is -0.284 e. The van der Waals surface area contributed by atoms with Crippen LogP contribution in [0.25, 0.3) is 0 Å². The van der Waals surface area contributed by atoms with Crippen molar-refractivity contribution in [1.29, 1.82) is 0 Å². The molecule has 1 heterocycles. The highest BCUT2D eigenvalue weighted by Crippen LogP contribution is 2.35. The zero-order chi connectivity index (χ0) is 12.0. The number of unbranched alkanes of at least 4 members (excludes halogenated alkanes) is 5. The summed E-state index contributed by atoms with van der Waals surface area (Å²) in [6.45, 7) is 2.99. The van der Waals surface area contributed by atoms with Crippen LogP contribution >= 0.6 is 35.1 Å². The van der Waals surface area contributed by atoms with Crippen LogP contribution in [0.5, 0.6) is 0 Å². The van der Waals surface area contributed by atoms with Gasteiger partial charge in [-0.05, 0) is 18.4 Å². The number of carbonyl (C=O) groups is 1. The number of hydrogen-bond donors (Lipinski definition) is 0. The van der Waals surface area contributed by atoms with Crippen LogP contribution in [0.4, 0.5) is 0 Å². The molecule has 0 aromatic carbocycles. The van der Waals surface area contributed by atoms with E-state index >= 15 is 0 Å². The lowest BCUT2D eigenvalue weighted by Gasteiger charge is -2.13. The molecule has 1 fully saturated rings. The molecule has 0 spiro atoms. The van der Waals surface area contributed by atoms with Gasteiger partial charge in [-0.2, -0.15) is 0 Å². The molecule has 0 aliphatic carbocycles. The van der Waals surface area contributed by atoms with Crippen molar-refractivity contribution in [2.45, 2.75) is 55.5 Å². The second-order valence-electron chi connectivity index (χ2n) is 4.07. The number of rotatable bonds is 7. The minimum absolute atomic E-state index is 0.0276. The summed E-state index contributed by atoms with van der Waals surface area (Å²) in [6, 6.07) is 0.